The van der Waals surface area contributed by atoms with Crippen LogP contribution in [0.4, 0.5) is 0 Å². The molecule has 1 amide bonds. The molecule has 0 aliphatic heterocycles. The molecule has 0 aromatic carbocycles. The topological polar surface area (TPSA) is 69.1 Å². The summed E-state index contributed by atoms with van der Waals surface area (Å²) < 4.78 is -1.04. The highest BCUT2D eigenvalue weighted by atomic mass is 35.5. The largest absolute Gasteiger partial charge is 0.370 e. The predicted molar refractivity (Wildman–Crippen MR) is 55.7 cm³/mol. The van der Waals surface area contributed by atoms with Gasteiger partial charge in [-0.3, -0.25) is 4.79 Å². The number of alkyl halides is 2. The first kappa shape index (κ1) is 13.0. The monoisotopic (exact) mass is 226 g/mol. The van der Waals surface area contributed by atoms with Crippen molar-refractivity contribution in [2.75, 3.05) is 0 Å². The highest BCUT2D eigenvalue weighted by molar-refractivity contribution is 6.49. The summed E-state index contributed by atoms with van der Waals surface area (Å²) >= 11 is 11.9. The second-order valence-electron chi connectivity index (χ2n) is 3.14. The van der Waals surface area contributed by atoms with E-state index < -0.39 is 16.3 Å². The van der Waals surface area contributed by atoms with Crippen molar-refractivity contribution in [1.29, 1.82) is 0 Å². The number of carbonyl (C=O) groups excluding carboxylic acids is 1. The van der Waals surface area contributed by atoms with E-state index in [9.17, 15) is 4.79 Å². The first-order valence-corrected chi connectivity index (χ1v) is 5.07. The van der Waals surface area contributed by atoms with Gasteiger partial charge in [0.25, 0.3) is 0 Å². The van der Waals surface area contributed by atoms with Crippen molar-refractivity contribution < 1.29 is 4.79 Å². The molecule has 0 aromatic heterocycles. The van der Waals surface area contributed by atoms with Crippen LogP contribution in [0.1, 0.15) is 32.6 Å². The van der Waals surface area contributed by atoms with Crippen LogP contribution < -0.4 is 11.5 Å². The van der Waals surface area contributed by atoms with Gasteiger partial charge in [0, 0.05) is 12.5 Å². The summed E-state index contributed by atoms with van der Waals surface area (Å²) in [6.07, 6.45) is 2.49. The van der Waals surface area contributed by atoms with Crippen LogP contribution in [0.25, 0.3) is 0 Å². The maximum atomic E-state index is 10.6. The van der Waals surface area contributed by atoms with Gasteiger partial charge in [-0.15, -0.1) is 0 Å². The molecule has 0 rings (SSSR count). The number of rotatable bonds is 6. The molecule has 1 atom stereocenters. The van der Waals surface area contributed by atoms with Crippen molar-refractivity contribution in [3.05, 3.63) is 0 Å². The number of halogens is 2. The third-order valence-corrected chi connectivity index (χ3v) is 2.77. The average molecular weight is 227 g/mol. The molecule has 0 spiro atoms. The molecule has 0 saturated carbocycles. The van der Waals surface area contributed by atoms with Gasteiger partial charge in [0.1, 0.15) is 4.33 Å². The Bertz CT molecular complexity index is 174. The number of nitrogens with two attached hydrogens (primary N) is 2. The first-order valence-electron chi connectivity index (χ1n) is 4.32. The lowest BCUT2D eigenvalue weighted by Gasteiger charge is -2.25. The van der Waals surface area contributed by atoms with Crippen LogP contribution in [-0.4, -0.2) is 16.3 Å². The minimum absolute atomic E-state index is 0.0245. The summed E-state index contributed by atoms with van der Waals surface area (Å²) in [6.45, 7) is 2.03. The highest BCUT2D eigenvalue weighted by Gasteiger charge is 2.32. The van der Waals surface area contributed by atoms with Crippen molar-refractivity contribution in [1.82, 2.24) is 0 Å². The van der Waals surface area contributed by atoms with Crippen LogP contribution >= 0.6 is 23.2 Å². The van der Waals surface area contributed by atoms with Gasteiger partial charge in [-0.1, -0.05) is 43.0 Å². The van der Waals surface area contributed by atoms with E-state index in [1.165, 1.54) is 0 Å². The number of amides is 1. The summed E-state index contributed by atoms with van der Waals surface area (Å²) in [4.78, 5) is 10.6. The summed E-state index contributed by atoms with van der Waals surface area (Å²) in [5.74, 6) is -0.477. The molecule has 0 heterocycles. The van der Waals surface area contributed by atoms with E-state index in [0.29, 0.717) is 6.42 Å². The summed E-state index contributed by atoms with van der Waals surface area (Å²) in [6, 6.07) is -0.583. The van der Waals surface area contributed by atoms with Gasteiger partial charge >= 0.3 is 0 Å². The molecule has 0 bridgehead atoms. The van der Waals surface area contributed by atoms with E-state index in [0.717, 1.165) is 12.8 Å². The first-order chi connectivity index (χ1) is 5.90. The third-order valence-electron chi connectivity index (χ3n) is 1.83. The maximum Gasteiger partial charge on any atom is 0.219 e. The van der Waals surface area contributed by atoms with E-state index >= 15 is 0 Å². The van der Waals surface area contributed by atoms with Crippen molar-refractivity contribution >= 4 is 29.1 Å². The van der Waals surface area contributed by atoms with Crippen LogP contribution in [0.15, 0.2) is 0 Å². The van der Waals surface area contributed by atoms with E-state index in [-0.39, 0.29) is 6.42 Å². The minimum atomic E-state index is -1.04. The molecular formula is C8H16Cl2N2O. The zero-order chi connectivity index (χ0) is 10.5. The van der Waals surface area contributed by atoms with Crippen LogP contribution in [0.2, 0.25) is 0 Å². The van der Waals surface area contributed by atoms with Crippen LogP contribution in [0.5, 0.6) is 0 Å². The van der Waals surface area contributed by atoms with Crippen molar-refractivity contribution in [3.63, 3.8) is 0 Å². The van der Waals surface area contributed by atoms with Gasteiger partial charge in [0.15, 0.2) is 0 Å². The van der Waals surface area contributed by atoms with Crippen molar-refractivity contribution in [2.45, 2.75) is 43.0 Å². The fraction of sp³-hybridized carbons (Fsp3) is 0.875. The maximum absolute atomic E-state index is 10.6. The molecule has 3 nitrogen and oxygen atoms in total. The summed E-state index contributed by atoms with van der Waals surface area (Å²) in [5.41, 5.74) is 10.6. The number of primary amides is 1. The highest BCUT2D eigenvalue weighted by Crippen LogP contribution is 2.31. The fourth-order valence-corrected chi connectivity index (χ4v) is 1.39. The van der Waals surface area contributed by atoms with E-state index in [2.05, 4.69) is 0 Å². The lowest BCUT2D eigenvalue weighted by Crippen LogP contribution is -2.42. The van der Waals surface area contributed by atoms with Crippen molar-refractivity contribution in [2.24, 2.45) is 11.5 Å². The fourth-order valence-electron chi connectivity index (χ4n) is 0.964. The van der Waals surface area contributed by atoms with Crippen molar-refractivity contribution in [3.8, 4) is 0 Å². The second-order valence-corrected chi connectivity index (χ2v) is 4.68. The number of carbonyl (C=O) groups is 1. The number of unbranched alkanes of at least 4 members (excludes halogenated alkanes) is 1. The molecule has 0 radical (unpaired) electrons. The Morgan fingerprint density at radius 2 is 2.08 bits per heavy atom. The molecule has 0 aliphatic rings. The summed E-state index contributed by atoms with van der Waals surface area (Å²) in [7, 11) is 0. The molecule has 0 aromatic rings. The summed E-state index contributed by atoms with van der Waals surface area (Å²) in [5, 5.41) is 0. The third kappa shape index (κ3) is 5.34. The molecule has 1 unspecified atom stereocenters. The quantitative estimate of drug-likeness (QED) is 0.676. The Morgan fingerprint density at radius 3 is 2.46 bits per heavy atom. The Kier molecular flexibility index (Phi) is 5.68. The molecule has 0 fully saturated rings. The van der Waals surface area contributed by atoms with Crippen LogP contribution in [-0.2, 0) is 4.79 Å². The Balaban J connectivity index is 4.01. The van der Waals surface area contributed by atoms with Crippen LogP contribution in [0, 0.1) is 0 Å². The van der Waals surface area contributed by atoms with Gasteiger partial charge in [0.05, 0.1) is 0 Å². The lowest BCUT2D eigenvalue weighted by atomic mass is 10.0. The predicted octanol–water partition coefficient (Wildman–Crippen LogP) is 1.55. The molecule has 5 heteroatoms. The van der Waals surface area contributed by atoms with Gasteiger partial charge in [0.2, 0.25) is 5.91 Å². The zero-order valence-corrected chi connectivity index (χ0v) is 9.24. The van der Waals surface area contributed by atoms with Gasteiger partial charge in [-0.05, 0) is 6.42 Å². The Hall–Kier alpha value is 0.01000. The normalized spacial score (nSPS) is 14.2. The SMILES string of the molecule is CCCCC(Cl)(Cl)C(N)CC(N)=O. The molecule has 0 aliphatic carbocycles. The van der Waals surface area contributed by atoms with Gasteiger partial charge < -0.3 is 11.5 Å². The molecular weight excluding hydrogens is 211 g/mol. The van der Waals surface area contributed by atoms with E-state index in [4.69, 9.17) is 34.7 Å². The number of hydrogen-bond acceptors (Lipinski definition) is 2. The molecule has 4 N–H and O–H groups in total. The standard InChI is InChI=1S/C8H16Cl2N2O/c1-2-3-4-8(9,10)6(11)5-7(12)13/h6H,2-5,11H2,1H3,(H2,12,13). The minimum Gasteiger partial charge on any atom is -0.370 e. The average Bonchev–Trinajstić information content (AvgIpc) is 1.99. The zero-order valence-electron chi connectivity index (χ0n) is 7.72. The number of hydrogen-bond donors (Lipinski definition) is 2. The Morgan fingerprint density at radius 1 is 1.54 bits per heavy atom. The molecule has 13 heavy (non-hydrogen) atoms. The Labute approximate surface area is 88.7 Å². The lowest BCUT2D eigenvalue weighted by molar-refractivity contribution is -0.118. The molecule has 78 valence electrons. The van der Waals surface area contributed by atoms with Crippen LogP contribution in [0.3, 0.4) is 0 Å². The van der Waals surface area contributed by atoms with Gasteiger partial charge in [-0.25, -0.2) is 0 Å². The smallest absolute Gasteiger partial charge is 0.219 e. The van der Waals surface area contributed by atoms with Gasteiger partial charge in [-0.2, -0.15) is 0 Å². The van der Waals surface area contributed by atoms with E-state index in [1.54, 1.807) is 0 Å². The van der Waals surface area contributed by atoms with E-state index in [1.807, 2.05) is 6.92 Å². The second kappa shape index (κ2) is 5.68. The molecule has 0 saturated heterocycles.